The van der Waals surface area contributed by atoms with Gasteiger partial charge in [-0.25, -0.2) is 4.79 Å². The molecule has 0 saturated heterocycles. The maximum absolute atomic E-state index is 11.9. The standard InChI is InChI=1S/C16H24N4O3/c1-2-20-12-6-5-10(9-11(12)13(19-20)14(21)22)18-16(15(17)23)7-3-4-8-16/h10,18H,2-9H2,1H3,(H2,17,23)(H,21,22). The molecule has 126 valence electrons. The molecule has 0 aliphatic heterocycles. The molecule has 1 fully saturated rings. The van der Waals surface area contributed by atoms with Gasteiger partial charge in [-0.1, -0.05) is 12.8 Å². The first kappa shape index (κ1) is 16.0. The van der Waals surface area contributed by atoms with E-state index in [9.17, 15) is 14.7 Å². The van der Waals surface area contributed by atoms with E-state index in [1.165, 1.54) is 0 Å². The van der Waals surface area contributed by atoms with Crippen LogP contribution in [-0.2, 0) is 24.2 Å². The number of nitrogens with zero attached hydrogens (tertiary/aromatic N) is 2. The van der Waals surface area contributed by atoms with E-state index in [0.717, 1.165) is 49.8 Å². The van der Waals surface area contributed by atoms with Gasteiger partial charge in [0, 0.05) is 23.8 Å². The molecule has 0 bridgehead atoms. The molecule has 1 heterocycles. The van der Waals surface area contributed by atoms with Gasteiger partial charge in [0.1, 0.15) is 0 Å². The highest BCUT2D eigenvalue weighted by molar-refractivity contribution is 5.87. The van der Waals surface area contributed by atoms with E-state index in [1.807, 2.05) is 6.92 Å². The second-order valence-electron chi connectivity index (χ2n) is 6.63. The van der Waals surface area contributed by atoms with E-state index in [-0.39, 0.29) is 17.6 Å². The molecule has 1 aromatic rings. The quantitative estimate of drug-likeness (QED) is 0.745. The molecule has 4 N–H and O–H groups in total. The summed E-state index contributed by atoms with van der Waals surface area (Å²) in [7, 11) is 0. The van der Waals surface area contributed by atoms with Crippen molar-refractivity contribution in [1.29, 1.82) is 0 Å². The number of carboxylic acid groups (broad SMARTS) is 1. The molecule has 23 heavy (non-hydrogen) atoms. The lowest BCUT2D eigenvalue weighted by Crippen LogP contribution is -2.58. The topological polar surface area (TPSA) is 110 Å². The maximum atomic E-state index is 11.9. The normalized spacial score (nSPS) is 22.7. The number of fused-ring (bicyclic) bond motifs is 1. The Balaban J connectivity index is 1.84. The molecule has 2 aliphatic rings. The van der Waals surface area contributed by atoms with E-state index in [1.54, 1.807) is 4.68 Å². The number of carbonyl (C=O) groups excluding carboxylic acids is 1. The lowest BCUT2D eigenvalue weighted by molar-refractivity contribution is -0.124. The summed E-state index contributed by atoms with van der Waals surface area (Å²) in [5, 5.41) is 17.1. The minimum atomic E-state index is -0.986. The minimum Gasteiger partial charge on any atom is -0.476 e. The van der Waals surface area contributed by atoms with Crippen LogP contribution in [-0.4, -0.2) is 38.3 Å². The molecule has 7 heteroatoms. The summed E-state index contributed by atoms with van der Waals surface area (Å²) in [4.78, 5) is 23.4. The molecule has 1 atom stereocenters. The summed E-state index contributed by atoms with van der Waals surface area (Å²) in [6, 6.07) is 0.0701. The molecule has 3 rings (SSSR count). The van der Waals surface area contributed by atoms with Crippen LogP contribution >= 0.6 is 0 Å². The van der Waals surface area contributed by atoms with Crippen molar-refractivity contribution < 1.29 is 14.7 Å². The number of aromatic carboxylic acids is 1. The molecule has 1 saturated carbocycles. The van der Waals surface area contributed by atoms with Crippen LogP contribution in [0.2, 0.25) is 0 Å². The number of amides is 1. The Labute approximate surface area is 135 Å². The second-order valence-corrected chi connectivity index (χ2v) is 6.63. The van der Waals surface area contributed by atoms with Crippen LogP contribution in [0.15, 0.2) is 0 Å². The Kier molecular flexibility index (Phi) is 4.14. The molecular formula is C16H24N4O3. The van der Waals surface area contributed by atoms with Gasteiger partial charge in [0.2, 0.25) is 5.91 Å². The Bertz CT molecular complexity index is 632. The highest BCUT2D eigenvalue weighted by Crippen LogP contribution is 2.32. The third kappa shape index (κ3) is 2.73. The van der Waals surface area contributed by atoms with E-state index >= 15 is 0 Å². The lowest BCUT2D eigenvalue weighted by atomic mass is 9.87. The molecule has 1 amide bonds. The molecule has 1 aromatic heterocycles. The Morgan fingerprint density at radius 1 is 1.43 bits per heavy atom. The zero-order valence-corrected chi connectivity index (χ0v) is 13.5. The number of carbonyl (C=O) groups is 2. The number of aryl methyl sites for hydroxylation is 1. The average molecular weight is 320 g/mol. The van der Waals surface area contributed by atoms with Gasteiger partial charge in [0.25, 0.3) is 0 Å². The number of hydrogen-bond acceptors (Lipinski definition) is 4. The van der Waals surface area contributed by atoms with Gasteiger partial charge in [-0.3, -0.25) is 9.48 Å². The molecular weight excluding hydrogens is 296 g/mol. The predicted octanol–water partition coefficient (Wildman–Crippen LogP) is 0.846. The first-order valence-electron chi connectivity index (χ1n) is 8.36. The van der Waals surface area contributed by atoms with Crippen LogP contribution in [0.3, 0.4) is 0 Å². The smallest absolute Gasteiger partial charge is 0.356 e. The average Bonchev–Trinajstić information content (AvgIpc) is 3.12. The highest BCUT2D eigenvalue weighted by atomic mass is 16.4. The number of aromatic nitrogens is 2. The predicted molar refractivity (Wildman–Crippen MR) is 84.2 cm³/mol. The second kappa shape index (κ2) is 5.96. The summed E-state index contributed by atoms with van der Waals surface area (Å²) >= 11 is 0. The van der Waals surface area contributed by atoms with E-state index in [4.69, 9.17) is 5.73 Å². The fraction of sp³-hybridized carbons (Fsp3) is 0.688. The van der Waals surface area contributed by atoms with Gasteiger partial charge in [-0.15, -0.1) is 0 Å². The third-order valence-corrected chi connectivity index (χ3v) is 5.26. The molecule has 0 spiro atoms. The largest absolute Gasteiger partial charge is 0.476 e. The van der Waals surface area contributed by atoms with Crippen LogP contribution in [0.4, 0.5) is 0 Å². The Hall–Kier alpha value is -1.89. The van der Waals surface area contributed by atoms with Crippen molar-refractivity contribution in [1.82, 2.24) is 15.1 Å². The summed E-state index contributed by atoms with van der Waals surface area (Å²) in [5.41, 5.74) is 6.99. The molecule has 7 nitrogen and oxygen atoms in total. The van der Waals surface area contributed by atoms with E-state index in [0.29, 0.717) is 13.0 Å². The van der Waals surface area contributed by atoms with Crippen molar-refractivity contribution in [2.24, 2.45) is 5.73 Å². The Morgan fingerprint density at radius 3 is 2.70 bits per heavy atom. The number of primary amides is 1. The number of carboxylic acids is 1. The molecule has 0 aromatic carbocycles. The Morgan fingerprint density at radius 2 is 2.13 bits per heavy atom. The van der Waals surface area contributed by atoms with Crippen molar-refractivity contribution in [3.63, 3.8) is 0 Å². The first-order valence-corrected chi connectivity index (χ1v) is 8.36. The van der Waals surface area contributed by atoms with Crippen LogP contribution in [0.25, 0.3) is 0 Å². The summed E-state index contributed by atoms with van der Waals surface area (Å²) in [6.45, 7) is 2.63. The van der Waals surface area contributed by atoms with Crippen molar-refractivity contribution in [2.75, 3.05) is 0 Å². The highest BCUT2D eigenvalue weighted by Gasteiger charge is 2.42. The minimum absolute atomic E-state index is 0.0701. The van der Waals surface area contributed by atoms with Gasteiger partial charge in [-0.05, 0) is 39.0 Å². The summed E-state index contributed by atoms with van der Waals surface area (Å²) in [5.74, 6) is -1.27. The summed E-state index contributed by atoms with van der Waals surface area (Å²) in [6.07, 6.45) is 5.77. The molecule has 2 aliphatic carbocycles. The number of hydrogen-bond donors (Lipinski definition) is 3. The summed E-state index contributed by atoms with van der Waals surface area (Å²) < 4.78 is 1.79. The zero-order valence-electron chi connectivity index (χ0n) is 13.5. The van der Waals surface area contributed by atoms with Crippen molar-refractivity contribution >= 4 is 11.9 Å². The monoisotopic (exact) mass is 320 g/mol. The van der Waals surface area contributed by atoms with E-state index in [2.05, 4.69) is 10.4 Å². The third-order valence-electron chi connectivity index (χ3n) is 5.26. The number of nitrogens with one attached hydrogen (secondary N) is 1. The van der Waals surface area contributed by atoms with Crippen LogP contribution in [0.1, 0.15) is 60.8 Å². The fourth-order valence-corrected chi connectivity index (χ4v) is 4.08. The zero-order chi connectivity index (χ0) is 16.6. The number of rotatable bonds is 5. The van der Waals surface area contributed by atoms with Crippen molar-refractivity contribution in [2.45, 2.75) is 70.0 Å². The van der Waals surface area contributed by atoms with Gasteiger partial charge in [-0.2, -0.15) is 5.10 Å². The first-order chi connectivity index (χ1) is 11.0. The van der Waals surface area contributed by atoms with Crippen LogP contribution in [0, 0.1) is 0 Å². The fourth-order valence-electron chi connectivity index (χ4n) is 4.08. The number of nitrogens with two attached hydrogens (primary N) is 1. The lowest BCUT2D eigenvalue weighted by Gasteiger charge is -2.34. The van der Waals surface area contributed by atoms with Gasteiger partial charge < -0.3 is 16.2 Å². The molecule has 0 radical (unpaired) electrons. The SMILES string of the molecule is CCn1nc(C(=O)O)c2c1CCC(NC1(C(N)=O)CCCC1)C2. The van der Waals surface area contributed by atoms with Crippen molar-refractivity contribution in [3.8, 4) is 0 Å². The van der Waals surface area contributed by atoms with E-state index < -0.39 is 11.5 Å². The van der Waals surface area contributed by atoms with Crippen molar-refractivity contribution in [3.05, 3.63) is 17.0 Å². The van der Waals surface area contributed by atoms with Gasteiger partial charge in [0.15, 0.2) is 5.69 Å². The van der Waals surface area contributed by atoms with Crippen LogP contribution < -0.4 is 11.1 Å². The van der Waals surface area contributed by atoms with Crippen LogP contribution in [0.5, 0.6) is 0 Å². The molecule has 1 unspecified atom stereocenters. The van der Waals surface area contributed by atoms with Gasteiger partial charge in [0.05, 0.1) is 5.54 Å². The van der Waals surface area contributed by atoms with Gasteiger partial charge >= 0.3 is 5.97 Å². The maximum Gasteiger partial charge on any atom is 0.356 e.